The minimum atomic E-state index is -3.54. The van der Waals surface area contributed by atoms with Crippen LogP contribution >= 0.6 is 0 Å². The van der Waals surface area contributed by atoms with E-state index < -0.39 is 9.84 Å². The van der Waals surface area contributed by atoms with Crippen LogP contribution < -0.4 is 5.32 Å². The molecule has 0 saturated heterocycles. The maximum absolute atomic E-state index is 11.5. The quantitative estimate of drug-likeness (QED) is 0.790. The van der Waals surface area contributed by atoms with Crippen LogP contribution in [0.3, 0.4) is 0 Å². The number of rotatable bonds is 2. The van der Waals surface area contributed by atoms with Gasteiger partial charge in [0.25, 0.3) is 0 Å². The highest BCUT2D eigenvalue weighted by molar-refractivity contribution is 7.90. The van der Waals surface area contributed by atoms with E-state index in [9.17, 15) is 8.42 Å². The van der Waals surface area contributed by atoms with Gasteiger partial charge in [-0.25, -0.2) is 13.4 Å². The average molecular weight is 254 g/mol. The van der Waals surface area contributed by atoms with Crippen molar-refractivity contribution in [3.05, 3.63) is 11.8 Å². The van der Waals surface area contributed by atoms with Gasteiger partial charge in [-0.05, 0) is 20.8 Å². The Morgan fingerprint density at radius 3 is 2.41 bits per heavy atom. The number of nitrogens with one attached hydrogen (secondary N) is 1. The summed E-state index contributed by atoms with van der Waals surface area (Å²) in [5.74, 6) is 0.192. The standard InChI is InChI=1S/C10H14N4O2S/c1-10(2,3)14-9-12-6-7(5-11)8(13-9)17(4,15)16/h6H,1-4H3,(H,12,13,14). The topological polar surface area (TPSA) is 95.7 Å². The van der Waals surface area contributed by atoms with E-state index in [0.29, 0.717) is 0 Å². The van der Waals surface area contributed by atoms with E-state index in [1.807, 2.05) is 20.8 Å². The van der Waals surface area contributed by atoms with Gasteiger partial charge in [-0.3, -0.25) is 0 Å². The second kappa shape index (κ2) is 4.30. The maximum atomic E-state index is 11.5. The van der Waals surface area contributed by atoms with Gasteiger partial charge in [0.2, 0.25) is 5.95 Å². The summed E-state index contributed by atoms with van der Waals surface area (Å²) in [5, 5.41) is 11.5. The first-order valence-corrected chi connectivity index (χ1v) is 6.78. The van der Waals surface area contributed by atoms with Crippen molar-refractivity contribution in [1.29, 1.82) is 5.26 Å². The Morgan fingerprint density at radius 1 is 1.41 bits per heavy atom. The van der Waals surface area contributed by atoms with Crippen molar-refractivity contribution in [2.45, 2.75) is 31.3 Å². The van der Waals surface area contributed by atoms with Crippen LogP contribution in [0.1, 0.15) is 26.3 Å². The molecule has 17 heavy (non-hydrogen) atoms. The molecule has 0 amide bonds. The van der Waals surface area contributed by atoms with Gasteiger partial charge in [0, 0.05) is 11.8 Å². The van der Waals surface area contributed by atoms with E-state index in [0.717, 1.165) is 6.26 Å². The minimum absolute atomic E-state index is 0.0491. The van der Waals surface area contributed by atoms with Crippen molar-refractivity contribution < 1.29 is 8.42 Å². The fourth-order valence-electron chi connectivity index (χ4n) is 1.12. The van der Waals surface area contributed by atoms with Crippen molar-refractivity contribution in [3.8, 4) is 6.07 Å². The lowest BCUT2D eigenvalue weighted by atomic mass is 10.1. The van der Waals surface area contributed by atoms with E-state index in [2.05, 4.69) is 15.3 Å². The van der Waals surface area contributed by atoms with Crippen LogP contribution in [-0.4, -0.2) is 30.2 Å². The summed E-state index contributed by atoms with van der Waals surface area (Å²) in [6.07, 6.45) is 2.22. The van der Waals surface area contributed by atoms with Crippen LogP contribution in [0.4, 0.5) is 5.95 Å². The Hall–Kier alpha value is -1.68. The lowest BCUT2D eigenvalue weighted by Crippen LogP contribution is -2.27. The van der Waals surface area contributed by atoms with Gasteiger partial charge in [-0.15, -0.1) is 0 Å². The first-order valence-electron chi connectivity index (χ1n) is 4.89. The van der Waals surface area contributed by atoms with E-state index in [-0.39, 0.29) is 22.1 Å². The highest BCUT2D eigenvalue weighted by Gasteiger charge is 2.19. The molecule has 0 aliphatic carbocycles. The van der Waals surface area contributed by atoms with Gasteiger partial charge in [0.1, 0.15) is 11.6 Å². The van der Waals surface area contributed by atoms with Crippen molar-refractivity contribution >= 4 is 15.8 Å². The van der Waals surface area contributed by atoms with Gasteiger partial charge in [-0.2, -0.15) is 10.2 Å². The summed E-state index contributed by atoms with van der Waals surface area (Å²) in [6.45, 7) is 5.69. The van der Waals surface area contributed by atoms with Gasteiger partial charge < -0.3 is 5.32 Å². The van der Waals surface area contributed by atoms with Gasteiger partial charge in [0.05, 0.1) is 6.20 Å². The molecule has 0 aromatic carbocycles. The van der Waals surface area contributed by atoms with Crippen molar-refractivity contribution in [1.82, 2.24) is 9.97 Å². The Bertz CT molecular complexity index is 567. The van der Waals surface area contributed by atoms with Crippen LogP contribution in [0.15, 0.2) is 11.2 Å². The van der Waals surface area contributed by atoms with Gasteiger partial charge in [0.15, 0.2) is 14.9 Å². The SMILES string of the molecule is CC(C)(C)Nc1ncc(C#N)c(S(C)(=O)=O)n1. The lowest BCUT2D eigenvalue weighted by Gasteiger charge is -2.20. The number of hydrogen-bond acceptors (Lipinski definition) is 6. The summed E-state index contributed by atoms with van der Waals surface area (Å²) in [7, 11) is -3.54. The Morgan fingerprint density at radius 2 is 2.00 bits per heavy atom. The average Bonchev–Trinajstić information content (AvgIpc) is 2.13. The monoisotopic (exact) mass is 254 g/mol. The van der Waals surface area contributed by atoms with Crippen LogP contribution in [0, 0.1) is 11.3 Å². The maximum Gasteiger partial charge on any atom is 0.224 e. The van der Waals surface area contributed by atoms with Crippen LogP contribution in [-0.2, 0) is 9.84 Å². The number of hydrogen-bond donors (Lipinski definition) is 1. The fourth-order valence-corrected chi connectivity index (χ4v) is 1.87. The fraction of sp³-hybridized carbons (Fsp3) is 0.500. The van der Waals surface area contributed by atoms with Crippen LogP contribution in [0.5, 0.6) is 0 Å². The Labute approximate surface area is 101 Å². The van der Waals surface area contributed by atoms with Crippen LogP contribution in [0.25, 0.3) is 0 Å². The first-order chi connectivity index (χ1) is 7.63. The number of nitriles is 1. The smallest absolute Gasteiger partial charge is 0.224 e. The molecule has 1 N–H and O–H groups in total. The van der Waals surface area contributed by atoms with Crippen LogP contribution in [0.2, 0.25) is 0 Å². The molecule has 1 aromatic rings. The van der Waals surface area contributed by atoms with Crippen molar-refractivity contribution in [2.75, 3.05) is 11.6 Å². The zero-order chi connectivity index (χ0) is 13.3. The number of nitrogens with zero attached hydrogens (tertiary/aromatic N) is 3. The molecule has 92 valence electrons. The molecule has 7 heteroatoms. The highest BCUT2D eigenvalue weighted by Crippen LogP contribution is 2.15. The highest BCUT2D eigenvalue weighted by atomic mass is 32.2. The molecule has 1 aromatic heterocycles. The summed E-state index contributed by atoms with van der Waals surface area (Å²) in [4.78, 5) is 7.77. The molecule has 6 nitrogen and oxygen atoms in total. The lowest BCUT2D eigenvalue weighted by molar-refractivity contribution is 0.595. The number of anilines is 1. The predicted octanol–water partition coefficient (Wildman–Crippen LogP) is 0.962. The molecule has 0 atom stereocenters. The summed E-state index contributed by atoms with van der Waals surface area (Å²) in [6, 6.07) is 1.76. The van der Waals surface area contributed by atoms with E-state index in [1.165, 1.54) is 6.20 Å². The second-order valence-corrected chi connectivity index (χ2v) is 6.60. The van der Waals surface area contributed by atoms with Crippen molar-refractivity contribution in [2.24, 2.45) is 0 Å². The first kappa shape index (κ1) is 13.4. The molecule has 0 bridgehead atoms. The largest absolute Gasteiger partial charge is 0.350 e. The molecule has 0 spiro atoms. The number of aromatic nitrogens is 2. The van der Waals surface area contributed by atoms with Gasteiger partial charge >= 0.3 is 0 Å². The third-order valence-electron chi connectivity index (χ3n) is 1.71. The van der Waals surface area contributed by atoms with E-state index in [1.54, 1.807) is 6.07 Å². The second-order valence-electron chi connectivity index (χ2n) is 4.67. The summed E-state index contributed by atoms with van der Waals surface area (Å²) < 4.78 is 22.9. The molecule has 0 radical (unpaired) electrons. The molecule has 0 saturated carbocycles. The van der Waals surface area contributed by atoms with E-state index >= 15 is 0 Å². The molecule has 0 unspecified atom stereocenters. The Kier molecular flexibility index (Phi) is 3.38. The van der Waals surface area contributed by atoms with E-state index in [4.69, 9.17) is 5.26 Å². The third-order valence-corrected chi connectivity index (χ3v) is 2.73. The molecular formula is C10H14N4O2S. The predicted molar refractivity (Wildman–Crippen MR) is 63.2 cm³/mol. The summed E-state index contributed by atoms with van der Waals surface area (Å²) in [5.41, 5.74) is -0.338. The molecule has 1 rings (SSSR count). The zero-order valence-electron chi connectivity index (χ0n) is 10.1. The van der Waals surface area contributed by atoms with Gasteiger partial charge in [-0.1, -0.05) is 0 Å². The molecule has 0 aliphatic rings. The number of sulfone groups is 1. The summed E-state index contributed by atoms with van der Waals surface area (Å²) >= 11 is 0. The molecule has 0 fully saturated rings. The normalized spacial score (nSPS) is 11.9. The molecular weight excluding hydrogens is 240 g/mol. The Balaban J connectivity index is 3.30. The molecule has 0 aliphatic heterocycles. The minimum Gasteiger partial charge on any atom is -0.350 e. The molecule has 1 heterocycles. The zero-order valence-corrected chi connectivity index (χ0v) is 11.0. The van der Waals surface area contributed by atoms with Crippen molar-refractivity contribution in [3.63, 3.8) is 0 Å². The third kappa shape index (κ3) is 3.67.